The van der Waals surface area contributed by atoms with Gasteiger partial charge in [-0.1, -0.05) is 93.6 Å². The summed E-state index contributed by atoms with van der Waals surface area (Å²) in [7, 11) is -2.78. The number of fused-ring (bicyclic) bond motifs is 1. The van der Waals surface area contributed by atoms with Crippen LogP contribution in [-0.4, -0.2) is 47.8 Å². The van der Waals surface area contributed by atoms with Gasteiger partial charge in [-0.15, -0.1) is 0 Å². The number of carbonyl (C=O) groups excluding carboxylic acids is 1. The van der Waals surface area contributed by atoms with Crippen LogP contribution in [0, 0.1) is 0 Å². The van der Waals surface area contributed by atoms with Gasteiger partial charge in [0, 0.05) is 31.1 Å². The van der Waals surface area contributed by atoms with Crippen molar-refractivity contribution >= 4 is 24.8 Å². The summed E-state index contributed by atoms with van der Waals surface area (Å²) in [6, 6.07) is 20.3. The molecule has 6 nitrogen and oxygen atoms in total. The number of amides is 1. The van der Waals surface area contributed by atoms with Gasteiger partial charge in [0.15, 0.2) is 0 Å². The molecule has 0 fully saturated rings. The predicted octanol–water partition coefficient (Wildman–Crippen LogP) is 7.10. The van der Waals surface area contributed by atoms with E-state index in [0.29, 0.717) is 23.3 Å². The fourth-order valence-corrected chi connectivity index (χ4v) is 10.5. The number of halogens is 2. The Hall–Kier alpha value is -3.30. The van der Waals surface area contributed by atoms with Crippen LogP contribution in [0.25, 0.3) is 0 Å². The van der Waals surface area contributed by atoms with E-state index in [4.69, 9.17) is 9.16 Å². The van der Waals surface area contributed by atoms with Gasteiger partial charge >= 0.3 is 6.09 Å². The summed E-state index contributed by atoms with van der Waals surface area (Å²) in [5, 5.41) is 8.85. The fourth-order valence-electron chi connectivity index (χ4n) is 5.93. The van der Waals surface area contributed by atoms with Gasteiger partial charge in [0.2, 0.25) is 0 Å². The maximum Gasteiger partial charge on any atom is 0.410 e. The number of aromatic amines is 1. The average molecular weight is 610 g/mol. The van der Waals surface area contributed by atoms with Gasteiger partial charge in [-0.3, -0.25) is 5.10 Å². The normalized spacial score (nSPS) is 16.1. The van der Waals surface area contributed by atoms with Crippen LogP contribution in [0.3, 0.4) is 0 Å². The van der Waals surface area contributed by atoms with Gasteiger partial charge in [-0.2, -0.15) is 13.9 Å². The lowest BCUT2D eigenvalue weighted by Crippen LogP contribution is -2.66. The quantitative estimate of drug-likeness (QED) is 0.208. The molecule has 0 saturated heterocycles. The molecule has 1 aromatic heterocycles. The molecule has 9 heteroatoms. The molecule has 1 aliphatic rings. The maximum atomic E-state index is 15.8. The van der Waals surface area contributed by atoms with Crippen molar-refractivity contribution < 1.29 is 22.7 Å². The van der Waals surface area contributed by atoms with Gasteiger partial charge in [0.1, 0.15) is 11.3 Å². The van der Waals surface area contributed by atoms with Gasteiger partial charge in [0.25, 0.3) is 14.2 Å². The van der Waals surface area contributed by atoms with E-state index < -0.39 is 32.4 Å². The molecule has 232 valence electrons. The van der Waals surface area contributed by atoms with Gasteiger partial charge < -0.3 is 14.1 Å². The molecule has 2 heterocycles. The molecule has 0 spiro atoms. The summed E-state index contributed by atoms with van der Waals surface area (Å²) < 4.78 is 44.0. The summed E-state index contributed by atoms with van der Waals surface area (Å²) in [5.74, 6) is -3.24. The van der Waals surface area contributed by atoms with Gasteiger partial charge in [0.05, 0.1) is 12.2 Å². The first-order valence-corrected chi connectivity index (χ1v) is 16.8. The van der Waals surface area contributed by atoms with Crippen LogP contribution in [0.1, 0.15) is 78.3 Å². The molecule has 1 aliphatic heterocycles. The van der Waals surface area contributed by atoms with Crippen molar-refractivity contribution in [3.63, 3.8) is 0 Å². The highest BCUT2D eigenvalue weighted by Crippen LogP contribution is 2.40. The first-order valence-electron chi connectivity index (χ1n) is 14.9. The lowest BCUT2D eigenvalue weighted by atomic mass is 9.95. The topological polar surface area (TPSA) is 67.5 Å². The van der Waals surface area contributed by atoms with E-state index in [0.717, 1.165) is 10.4 Å². The van der Waals surface area contributed by atoms with E-state index in [9.17, 15) is 4.79 Å². The second kappa shape index (κ2) is 12.4. The lowest BCUT2D eigenvalue weighted by Gasteiger charge is -2.43. The maximum absolute atomic E-state index is 15.8. The zero-order valence-electron chi connectivity index (χ0n) is 26.5. The molecule has 0 radical (unpaired) electrons. The van der Waals surface area contributed by atoms with Crippen molar-refractivity contribution in [2.24, 2.45) is 0 Å². The minimum absolute atomic E-state index is 0.0102. The number of rotatable bonds is 9. The van der Waals surface area contributed by atoms with Crippen LogP contribution >= 0.6 is 0 Å². The highest BCUT2D eigenvalue weighted by Gasteiger charge is 2.50. The standard InChI is InChI=1S/C34H45F2N3O3Si/c1-24(19-20-41-43(33(6,7)8,26-15-11-9-12-16-26)27-17-13-10-14-18-27)22-34(35,36)30-28-23-39(31(40)42-32(3,4)5)25(2)21-29(28)37-38-30/h9-18,25H,1,19-23H2,2-8H3,(H,37,38). The van der Waals surface area contributed by atoms with E-state index in [1.807, 2.05) is 43.3 Å². The van der Waals surface area contributed by atoms with Gasteiger partial charge in [-0.05, 0) is 49.5 Å². The third-order valence-electron chi connectivity index (χ3n) is 7.96. The molecule has 1 atom stereocenters. The molecule has 43 heavy (non-hydrogen) atoms. The Morgan fingerprint density at radius 3 is 2.09 bits per heavy atom. The van der Waals surface area contributed by atoms with Crippen molar-refractivity contribution in [1.82, 2.24) is 15.1 Å². The van der Waals surface area contributed by atoms with Crippen LogP contribution in [0.15, 0.2) is 72.8 Å². The smallest absolute Gasteiger partial charge is 0.410 e. The minimum atomic E-state index is -3.24. The number of aromatic nitrogens is 2. The van der Waals surface area contributed by atoms with E-state index in [2.05, 4.69) is 61.8 Å². The van der Waals surface area contributed by atoms with Crippen molar-refractivity contribution in [3.8, 4) is 0 Å². The second-order valence-electron chi connectivity index (χ2n) is 13.6. The van der Waals surface area contributed by atoms with E-state index >= 15 is 8.78 Å². The Morgan fingerprint density at radius 2 is 1.58 bits per heavy atom. The largest absolute Gasteiger partial charge is 0.444 e. The number of hydrogen-bond donors (Lipinski definition) is 1. The summed E-state index contributed by atoms with van der Waals surface area (Å²) in [5.41, 5.74) is 0.346. The molecule has 4 rings (SSSR count). The number of ether oxygens (including phenoxy) is 1. The highest BCUT2D eigenvalue weighted by molar-refractivity contribution is 6.99. The zero-order chi connectivity index (χ0) is 31.6. The Balaban J connectivity index is 1.50. The van der Waals surface area contributed by atoms with E-state index in [1.54, 1.807) is 20.8 Å². The van der Waals surface area contributed by atoms with Crippen LogP contribution in [-0.2, 0) is 28.1 Å². The summed E-state index contributed by atoms with van der Waals surface area (Å²) in [6.07, 6.45) is -0.411. The molecule has 0 aliphatic carbocycles. The van der Waals surface area contributed by atoms with Crippen molar-refractivity contribution in [2.75, 3.05) is 6.61 Å². The monoisotopic (exact) mass is 609 g/mol. The van der Waals surface area contributed by atoms with E-state index in [-0.39, 0.29) is 36.3 Å². The first-order chi connectivity index (χ1) is 20.0. The third-order valence-corrected chi connectivity index (χ3v) is 13.0. The number of benzene rings is 2. The van der Waals surface area contributed by atoms with Crippen molar-refractivity contribution in [1.29, 1.82) is 0 Å². The molecule has 1 amide bonds. The number of nitrogens with zero attached hydrogens (tertiary/aromatic N) is 2. The first kappa shape index (κ1) is 32.6. The highest BCUT2D eigenvalue weighted by atomic mass is 28.4. The summed E-state index contributed by atoms with van der Waals surface area (Å²) in [4.78, 5) is 14.3. The Bertz CT molecular complexity index is 1370. The molecule has 1 N–H and O–H groups in total. The number of hydrogen-bond acceptors (Lipinski definition) is 4. The Labute approximate surface area is 255 Å². The molecular weight excluding hydrogens is 564 g/mol. The molecule has 0 saturated carbocycles. The Morgan fingerprint density at radius 1 is 1.02 bits per heavy atom. The van der Waals surface area contributed by atoms with Crippen LogP contribution in [0.4, 0.5) is 13.6 Å². The zero-order valence-corrected chi connectivity index (χ0v) is 27.5. The summed E-state index contributed by atoms with van der Waals surface area (Å²) in [6.45, 7) is 18.1. The fraction of sp³-hybridized carbons (Fsp3) is 0.471. The number of alkyl halides is 2. The number of H-pyrrole nitrogens is 1. The minimum Gasteiger partial charge on any atom is -0.444 e. The molecule has 1 unspecified atom stereocenters. The van der Waals surface area contributed by atoms with Crippen LogP contribution < -0.4 is 10.4 Å². The predicted molar refractivity (Wildman–Crippen MR) is 169 cm³/mol. The van der Waals surface area contributed by atoms with Crippen molar-refractivity contribution in [3.05, 3.63) is 89.8 Å². The second-order valence-corrected chi connectivity index (χ2v) is 17.9. The molecular formula is C34H45F2N3O3Si. The van der Waals surface area contributed by atoms with Crippen LogP contribution in [0.5, 0.6) is 0 Å². The van der Waals surface area contributed by atoms with E-state index in [1.165, 1.54) is 4.90 Å². The SMILES string of the molecule is C=C(CCO[Si](c1ccccc1)(c1ccccc1)C(C)(C)C)CC(F)(F)c1[nH]nc2c1CN(C(=O)OC(C)(C)C)C(C)C2. The van der Waals surface area contributed by atoms with Crippen molar-refractivity contribution in [2.45, 2.75) is 96.9 Å². The number of carbonyl (C=O) groups is 1. The van der Waals surface area contributed by atoms with Gasteiger partial charge in [-0.25, -0.2) is 4.79 Å². The summed E-state index contributed by atoms with van der Waals surface area (Å²) >= 11 is 0. The average Bonchev–Trinajstić information content (AvgIpc) is 3.33. The molecule has 2 aromatic carbocycles. The Kier molecular flexibility index (Phi) is 9.37. The molecule has 0 bridgehead atoms. The number of nitrogens with one attached hydrogen (secondary N) is 1. The van der Waals surface area contributed by atoms with Crippen LogP contribution in [0.2, 0.25) is 5.04 Å². The molecule has 3 aromatic rings. The third kappa shape index (κ3) is 7.10. The lowest BCUT2D eigenvalue weighted by molar-refractivity contribution is -0.0126.